The number of piperidine rings is 1. The van der Waals surface area contributed by atoms with Crippen molar-refractivity contribution in [1.82, 2.24) is 4.90 Å². The average Bonchev–Trinajstić information content (AvgIpc) is 2.39. The fourth-order valence-electron chi connectivity index (χ4n) is 4.03. The van der Waals surface area contributed by atoms with Gasteiger partial charge >= 0.3 is 0 Å². The maximum atomic E-state index is 6.09. The van der Waals surface area contributed by atoms with Crippen LogP contribution in [0.5, 0.6) is 0 Å². The molecule has 0 aromatic carbocycles. The molecule has 0 spiro atoms. The molecule has 18 heavy (non-hydrogen) atoms. The highest BCUT2D eigenvalue weighted by Crippen LogP contribution is 2.39. The Labute approximate surface area is 113 Å². The van der Waals surface area contributed by atoms with Crippen molar-refractivity contribution >= 4 is 0 Å². The lowest BCUT2D eigenvalue weighted by Crippen LogP contribution is -2.43. The van der Waals surface area contributed by atoms with Crippen molar-refractivity contribution in [2.75, 3.05) is 19.6 Å². The van der Waals surface area contributed by atoms with Crippen molar-refractivity contribution in [2.45, 2.75) is 71.3 Å². The zero-order valence-corrected chi connectivity index (χ0v) is 12.5. The van der Waals surface area contributed by atoms with Crippen LogP contribution in [0.1, 0.15) is 65.2 Å². The number of nitrogens with zero attached hydrogens (tertiary/aromatic N) is 1. The summed E-state index contributed by atoms with van der Waals surface area (Å²) < 4.78 is 0. The number of rotatable bonds is 4. The summed E-state index contributed by atoms with van der Waals surface area (Å²) in [5.41, 5.74) is 6.58. The maximum Gasteiger partial charge on any atom is 0.00694 e. The molecule has 1 saturated carbocycles. The monoisotopic (exact) mass is 252 g/mol. The Morgan fingerprint density at radius 3 is 2.50 bits per heavy atom. The molecule has 0 bridgehead atoms. The van der Waals surface area contributed by atoms with Crippen LogP contribution >= 0.6 is 0 Å². The second-order valence-corrected chi connectivity index (χ2v) is 7.03. The van der Waals surface area contributed by atoms with Gasteiger partial charge in [-0.1, -0.05) is 26.2 Å². The van der Waals surface area contributed by atoms with Crippen LogP contribution in [0.4, 0.5) is 0 Å². The first-order chi connectivity index (χ1) is 8.65. The minimum Gasteiger partial charge on any atom is -0.330 e. The van der Waals surface area contributed by atoms with E-state index in [1.165, 1.54) is 64.5 Å². The van der Waals surface area contributed by atoms with E-state index in [0.717, 1.165) is 18.5 Å². The van der Waals surface area contributed by atoms with Gasteiger partial charge in [0.2, 0.25) is 0 Å². The van der Waals surface area contributed by atoms with Crippen LogP contribution in [0.15, 0.2) is 0 Å². The fraction of sp³-hybridized carbons (Fsp3) is 1.00. The minimum atomic E-state index is 0.487. The van der Waals surface area contributed by atoms with E-state index < -0.39 is 0 Å². The third-order valence-electron chi connectivity index (χ3n) is 5.55. The largest absolute Gasteiger partial charge is 0.330 e. The lowest BCUT2D eigenvalue weighted by molar-refractivity contribution is 0.0916. The summed E-state index contributed by atoms with van der Waals surface area (Å²) in [5.74, 6) is 0.925. The van der Waals surface area contributed by atoms with Gasteiger partial charge in [0.1, 0.15) is 0 Å². The predicted molar refractivity (Wildman–Crippen MR) is 78.6 cm³/mol. The van der Waals surface area contributed by atoms with Gasteiger partial charge in [0.25, 0.3) is 0 Å². The van der Waals surface area contributed by atoms with Gasteiger partial charge in [-0.15, -0.1) is 0 Å². The molecule has 2 fully saturated rings. The van der Waals surface area contributed by atoms with Crippen molar-refractivity contribution in [3.63, 3.8) is 0 Å². The SMILES string of the molecule is CC1CCN(CCC2(CN)CCCCC2)C(C)C1. The van der Waals surface area contributed by atoms with Crippen LogP contribution in [0, 0.1) is 11.3 Å². The van der Waals surface area contributed by atoms with Gasteiger partial charge in [-0.2, -0.15) is 0 Å². The van der Waals surface area contributed by atoms with Crippen LogP contribution in [0.25, 0.3) is 0 Å². The highest BCUT2D eigenvalue weighted by Gasteiger charge is 2.32. The number of nitrogens with two attached hydrogens (primary N) is 1. The first-order valence-corrected chi connectivity index (χ1v) is 8.09. The van der Waals surface area contributed by atoms with Crippen molar-refractivity contribution in [3.05, 3.63) is 0 Å². The first-order valence-electron chi connectivity index (χ1n) is 8.09. The summed E-state index contributed by atoms with van der Waals surface area (Å²) in [6, 6.07) is 0.784. The van der Waals surface area contributed by atoms with Gasteiger partial charge < -0.3 is 10.6 Å². The third kappa shape index (κ3) is 3.48. The molecule has 0 amide bonds. The van der Waals surface area contributed by atoms with E-state index in [1.54, 1.807) is 0 Å². The van der Waals surface area contributed by atoms with Crippen LogP contribution < -0.4 is 5.73 Å². The standard InChI is InChI=1S/C16H32N2/c1-14-6-10-18(15(2)12-14)11-9-16(13-17)7-4-3-5-8-16/h14-15H,3-13,17H2,1-2H3. The predicted octanol–water partition coefficient (Wildman–Crippen LogP) is 3.41. The topological polar surface area (TPSA) is 29.3 Å². The molecule has 2 atom stereocenters. The van der Waals surface area contributed by atoms with E-state index in [4.69, 9.17) is 5.73 Å². The van der Waals surface area contributed by atoms with Crippen molar-refractivity contribution in [2.24, 2.45) is 17.1 Å². The van der Waals surface area contributed by atoms with E-state index in [-0.39, 0.29) is 0 Å². The van der Waals surface area contributed by atoms with E-state index in [9.17, 15) is 0 Å². The Morgan fingerprint density at radius 2 is 1.89 bits per heavy atom. The molecular formula is C16H32N2. The smallest absolute Gasteiger partial charge is 0.00694 e. The number of hydrogen-bond acceptors (Lipinski definition) is 2. The van der Waals surface area contributed by atoms with E-state index in [1.807, 2.05) is 0 Å². The molecule has 2 nitrogen and oxygen atoms in total. The highest BCUT2D eigenvalue weighted by atomic mass is 15.2. The van der Waals surface area contributed by atoms with Crippen LogP contribution in [0.2, 0.25) is 0 Å². The molecule has 2 heteroatoms. The van der Waals surface area contributed by atoms with Crippen LogP contribution in [0.3, 0.4) is 0 Å². The lowest BCUT2D eigenvalue weighted by atomic mass is 9.71. The number of hydrogen-bond donors (Lipinski definition) is 1. The summed E-state index contributed by atoms with van der Waals surface area (Å²) in [4.78, 5) is 2.71. The van der Waals surface area contributed by atoms with Crippen LogP contribution in [-0.2, 0) is 0 Å². The summed E-state index contributed by atoms with van der Waals surface area (Å²) in [5, 5.41) is 0. The summed E-state index contributed by atoms with van der Waals surface area (Å²) in [7, 11) is 0. The minimum absolute atomic E-state index is 0.487. The Balaban J connectivity index is 1.82. The van der Waals surface area contributed by atoms with E-state index >= 15 is 0 Å². The Hall–Kier alpha value is -0.0800. The second-order valence-electron chi connectivity index (χ2n) is 7.03. The second kappa shape index (κ2) is 6.38. The highest BCUT2D eigenvalue weighted by molar-refractivity contribution is 4.86. The van der Waals surface area contributed by atoms with Crippen molar-refractivity contribution in [1.29, 1.82) is 0 Å². The molecule has 2 rings (SSSR count). The Morgan fingerprint density at radius 1 is 1.17 bits per heavy atom. The molecule has 0 aromatic rings. The molecule has 1 heterocycles. The van der Waals surface area contributed by atoms with E-state index in [2.05, 4.69) is 18.7 Å². The van der Waals surface area contributed by atoms with Gasteiger partial charge in [-0.25, -0.2) is 0 Å². The normalized spacial score (nSPS) is 33.5. The van der Waals surface area contributed by atoms with Crippen molar-refractivity contribution in [3.8, 4) is 0 Å². The van der Waals surface area contributed by atoms with Gasteiger partial charge in [0.15, 0.2) is 0 Å². The van der Waals surface area contributed by atoms with Gasteiger partial charge in [-0.3, -0.25) is 0 Å². The third-order valence-corrected chi connectivity index (χ3v) is 5.55. The van der Waals surface area contributed by atoms with Gasteiger partial charge in [-0.05, 0) is 70.0 Å². The Kier molecular flexibility index (Phi) is 5.08. The molecular weight excluding hydrogens is 220 g/mol. The fourth-order valence-corrected chi connectivity index (χ4v) is 4.03. The molecule has 2 N–H and O–H groups in total. The summed E-state index contributed by atoms with van der Waals surface area (Å²) >= 11 is 0. The Bertz CT molecular complexity index is 245. The molecule has 1 aliphatic carbocycles. The quantitative estimate of drug-likeness (QED) is 0.831. The zero-order chi connectivity index (χ0) is 13.0. The molecule has 1 saturated heterocycles. The number of likely N-dealkylation sites (tertiary alicyclic amines) is 1. The zero-order valence-electron chi connectivity index (χ0n) is 12.5. The summed E-state index contributed by atoms with van der Waals surface area (Å²) in [6.07, 6.45) is 11.1. The molecule has 0 radical (unpaired) electrons. The molecule has 2 unspecified atom stereocenters. The average molecular weight is 252 g/mol. The lowest BCUT2D eigenvalue weighted by Gasteiger charge is -2.41. The first kappa shape index (κ1) is 14.3. The van der Waals surface area contributed by atoms with Gasteiger partial charge in [0, 0.05) is 6.04 Å². The van der Waals surface area contributed by atoms with Crippen molar-refractivity contribution < 1.29 is 0 Å². The molecule has 0 aromatic heterocycles. The molecule has 2 aliphatic rings. The van der Waals surface area contributed by atoms with Crippen LogP contribution in [-0.4, -0.2) is 30.6 Å². The summed E-state index contributed by atoms with van der Waals surface area (Å²) in [6.45, 7) is 8.31. The van der Waals surface area contributed by atoms with Gasteiger partial charge in [0.05, 0.1) is 0 Å². The molecule has 1 aliphatic heterocycles. The van der Waals surface area contributed by atoms with E-state index in [0.29, 0.717) is 5.41 Å². The maximum absolute atomic E-state index is 6.09. The molecule has 106 valence electrons.